The SMILES string of the molecule is Cc1ccc(C(=O)Nc2ccccc2C(=O)O)cc1NC(=O)Cc1ccccc1. The van der Waals surface area contributed by atoms with E-state index in [1.165, 1.54) is 12.1 Å². The number of benzene rings is 3. The lowest BCUT2D eigenvalue weighted by Gasteiger charge is -2.12. The van der Waals surface area contributed by atoms with Crippen molar-refractivity contribution in [3.63, 3.8) is 0 Å². The molecule has 0 saturated heterocycles. The third-order valence-corrected chi connectivity index (χ3v) is 4.39. The fourth-order valence-electron chi connectivity index (χ4n) is 2.85. The molecule has 3 rings (SSSR count). The predicted octanol–water partition coefficient (Wildman–Crippen LogP) is 4.13. The summed E-state index contributed by atoms with van der Waals surface area (Å²) in [5.41, 5.74) is 2.76. The number of carboxylic acids is 1. The number of rotatable bonds is 6. The number of carboxylic acid groups (broad SMARTS) is 1. The number of aryl methyl sites for hydroxylation is 1. The highest BCUT2D eigenvalue weighted by Gasteiger charge is 2.14. The summed E-state index contributed by atoms with van der Waals surface area (Å²) in [7, 11) is 0. The summed E-state index contributed by atoms with van der Waals surface area (Å²) in [5, 5.41) is 14.7. The van der Waals surface area contributed by atoms with Gasteiger partial charge in [0.1, 0.15) is 0 Å². The predicted molar refractivity (Wildman–Crippen MR) is 111 cm³/mol. The van der Waals surface area contributed by atoms with Gasteiger partial charge in [-0.3, -0.25) is 9.59 Å². The van der Waals surface area contributed by atoms with E-state index >= 15 is 0 Å². The summed E-state index contributed by atoms with van der Waals surface area (Å²) in [6.07, 6.45) is 0.225. The van der Waals surface area contributed by atoms with Gasteiger partial charge in [0.15, 0.2) is 0 Å². The Bertz CT molecular complexity index is 1060. The quantitative estimate of drug-likeness (QED) is 0.592. The molecule has 0 aliphatic heterocycles. The first-order valence-electron chi connectivity index (χ1n) is 9.02. The van der Waals surface area contributed by atoms with Crippen molar-refractivity contribution in [2.24, 2.45) is 0 Å². The standard InChI is InChI=1S/C23H20N2O4/c1-15-11-12-17(22(27)25-19-10-6-5-9-18(19)23(28)29)14-20(15)24-21(26)13-16-7-3-2-4-8-16/h2-12,14H,13H2,1H3,(H,24,26)(H,25,27)(H,28,29). The van der Waals surface area contributed by atoms with Gasteiger partial charge in [0.2, 0.25) is 5.91 Å². The number of nitrogens with one attached hydrogen (secondary N) is 2. The summed E-state index contributed by atoms with van der Waals surface area (Å²) in [4.78, 5) is 36.3. The molecule has 0 bridgehead atoms. The number of hydrogen-bond acceptors (Lipinski definition) is 3. The van der Waals surface area contributed by atoms with Gasteiger partial charge >= 0.3 is 5.97 Å². The molecule has 0 spiro atoms. The fraction of sp³-hybridized carbons (Fsp3) is 0.0870. The number of para-hydroxylation sites is 1. The van der Waals surface area contributed by atoms with Crippen LogP contribution in [0.1, 0.15) is 31.8 Å². The van der Waals surface area contributed by atoms with Crippen LogP contribution in [-0.2, 0) is 11.2 Å². The van der Waals surface area contributed by atoms with Gasteiger partial charge in [-0.1, -0.05) is 48.5 Å². The molecule has 6 heteroatoms. The molecule has 3 aromatic rings. The maximum Gasteiger partial charge on any atom is 0.337 e. The van der Waals surface area contributed by atoms with E-state index in [2.05, 4.69) is 10.6 Å². The van der Waals surface area contributed by atoms with E-state index in [1.807, 2.05) is 37.3 Å². The number of amides is 2. The second kappa shape index (κ2) is 8.84. The van der Waals surface area contributed by atoms with Crippen LogP contribution in [0.2, 0.25) is 0 Å². The molecule has 0 saturated carbocycles. The molecule has 0 aliphatic carbocycles. The van der Waals surface area contributed by atoms with Crippen molar-refractivity contribution >= 4 is 29.2 Å². The van der Waals surface area contributed by atoms with E-state index in [-0.39, 0.29) is 23.6 Å². The van der Waals surface area contributed by atoms with Crippen LogP contribution < -0.4 is 10.6 Å². The summed E-state index contributed by atoms with van der Waals surface area (Å²) in [5.74, 6) is -1.77. The highest BCUT2D eigenvalue weighted by atomic mass is 16.4. The second-order valence-corrected chi connectivity index (χ2v) is 6.55. The molecule has 0 fully saturated rings. The zero-order valence-corrected chi connectivity index (χ0v) is 15.8. The highest BCUT2D eigenvalue weighted by molar-refractivity contribution is 6.08. The Labute approximate surface area is 168 Å². The minimum atomic E-state index is -1.13. The molecular weight excluding hydrogens is 368 g/mol. The monoisotopic (exact) mass is 388 g/mol. The molecule has 0 unspecified atom stereocenters. The minimum absolute atomic E-state index is 0.00403. The van der Waals surface area contributed by atoms with Crippen LogP contribution in [-0.4, -0.2) is 22.9 Å². The van der Waals surface area contributed by atoms with Crippen molar-refractivity contribution in [1.29, 1.82) is 0 Å². The van der Waals surface area contributed by atoms with Crippen LogP contribution in [0.25, 0.3) is 0 Å². The van der Waals surface area contributed by atoms with Crippen LogP contribution in [0.15, 0.2) is 72.8 Å². The average molecular weight is 388 g/mol. The normalized spacial score (nSPS) is 10.2. The first kappa shape index (κ1) is 19.8. The Hall–Kier alpha value is -3.93. The van der Waals surface area contributed by atoms with Crippen molar-refractivity contribution in [2.75, 3.05) is 10.6 Å². The Morgan fingerprint density at radius 2 is 1.52 bits per heavy atom. The van der Waals surface area contributed by atoms with Gasteiger partial charge in [0.05, 0.1) is 17.7 Å². The Balaban J connectivity index is 1.75. The molecule has 0 aromatic heterocycles. The summed E-state index contributed by atoms with van der Waals surface area (Å²) in [6, 6.07) is 20.5. The lowest BCUT2D eigenvalue weighted by molar-refractivity contribution is -0.115. The summed E-state index contributed by atoms with van der Waals surface area (Å²) < 4.78 is 0. The van der Waals surface area contributed by atoms with Gasteiger partial charge in [0.25, 0.3) is 5.91 Å². The zero-order valence-electron chi connectivity index (χ0n) is 15.8. The molecule has 29 heavy (non-hydrogen) atoms. The number of anilines is 2. The minimum Gasteiger partial charge on any atom is -0.478 e. The first-order valence-corrected chi connectivity index (χ1v) is 9.02. The second-order valence-electron chi connectivity index (χ2n) is 6.55. The van der Waals surface area contributed by atoms with Gasteiger partial charge in [0, 0.05) is 11.3 Å². The van der Waals surface area contributed by atoms with Crippen molar-refractivity contribution in [3.8, 4) is 0 Å². The van der Waals surface area contributed by atoms with E-state index < -0.39 is 11.9 Å². The van der Waals surface area contributed by atoms with E-state index in [9.17, 15) is 19.5 Å². The molecular formula is C23H20N2O4. The van der Waals surface area contributed by atoms with E-state index in [1.54, 1.807) is 30.3 Å². The van der Waals surface area contributed by atoms with Crippen LogP contribution in [0.4, 0.5) is 11.4 Å². The molecule has 6 nitrogen and oxygen atoms in total. The Morgan fingerprint density at radius 1 is 0.828 bits per heavy atom. The highest BCUT2D eigenvalue weighted by Crippen LogP contribution is 2.20. The molecule has 0 radical (unpaired) electrons. The number of carbonyl (C=O) groups is 3. The van der Waals surface area contributed by atoms with Gasteiger partial charge in [-0.2, -0.15) is 0 Å². The van der Waals surface area contributed by atoms with E-state index in [0.717, 1.165) is 11.1 Å². The fourth-order valence-corrected chi connectivity index (χ4v) is 2.85. The van der Waals surface area contributed by atoms with Crippen LogP contribution in [0, 0.1) is 6.92 Å². The van der Waals surface area contributed by atoms with Gasteiger partial charge < -0.3 is 15.7 Å². The van der Waals surface area contributed by atoms with Crippen molar-refractivity contribution in [3.05, 3.63) is 95.1 Å². The molecule has 3 aromatic carbocycles. The number of carbonyl (C=O) groups excluding carboxylic acids is 2. The largest absolute Gasteiger partial charge is 0.478 e. The zero-order chi connectivity index (χ0) is 20.8. The maximum absolute atomic E-state index is 12.6. The lowest BCUT2D eigenvalue weighted by atomic mass is 10.1. The molecule has 0 atom stereocenters. The third kappa shape index (κ3) is 5.07. The third-order valence-electron chi connectivity index (χ3n) is 4.39. The maximum atomic E-state index is 12.6. The van der Waals surface area contributed by atoms with Gasteiger partial charge in [-0.25, -0.2) is 4.79 Å². The Kier molecular flexibility index (Phi) is 6.04. The number of hydrogen-bond donors (Lipinski definition) is 3. The van der Waals surface area contributed by atoms with Gasteiger partial charge in [-0.05, 0) is 42.3 Å². The van der Waals surface area contributed by atoms with Crippen molar-refractivity contribution in [2.45, 2.75) is 13.3 Å². The van der Waals surface area contributed by atoms with Crippen molar-refractivity contribution < 1.29 is 19.5 Å². The van der Waals surface area contributed by atoms with Crippen molar-refractivity contribution in [1.82, 2.24) is 0 Å². The molecule has 3 N–H and O–H groups in total. The van der Waals surface area contributed by atoms with Crippen LogP contribution >= 0.6 is 0 Å². The number of aromatic carboxylic acids is 1. The smallest absolute Gasteiger partial charge is 0.337 e. The summed E-state index contributed by atoms with van der Waals surface area (Å²) in [6.45, 7) is 1.83. The van der Waals surface area contributed by atoms with E-state index in [0.29, 0.717) is 11.3 Å². The molecule has 0 heterocycles. The van der Waals surface area contributed by atoms with Gasteiger partial charge in [-0.15, -0.1) is 0 Å². The van der Waals surface area contributed by atoms with Crippen LogP contribution in [0.3, 0.4) is 0 Å². The first-order chi connectivity index (χ1) is 13.9. The van der Waals surface area contributed by atoms with Crippen LogP contribution in [0.5, 0.6) is 0 Å². The topological polar surface area (TPSA) is 95.5 Å². The van der Waals surface area contributed by atoms with E-state index in [4.69, 9.17) is 0 Å². The molecule has 2 amide bonds. The lowest BCUT2D eigenvalue weighted by Crippen LogP contribution is -2.17. The molecule has 146 valence electrons. The Morgan fingerprint density at radius 3 is 2.24 bits per heavy atom. The molecule has 0 aliphatic rings. The summed E-state index contributed by atoms with van der Waals surface area (Å²) >= 11 is 0. The average Bonchev–Trinajstić information content (AvgIpc) is 2.70.